The highest BCUT2D eigenvalue weighted by Crippen LogP contribution is 2.37. The first kappa shape index (κ1) is 17.1. The molecule has 0 aliphatic carbocycles. The number of hydrogen-bond acceptors (Lipinski definition) is 2. The highest BCUT2D eigenvalue weighted by atomic mass is 19.4. The summed E-state index contributed by atoms with van der Waals surface area (Å²) in [5, 5.41) is 0. The van der Waals surface area contributed by atoms with Crippen LogP contribution >= 0.6 is 0 Å². The van der Waals surface area contributed by atoms with Crippen molar-refractivity contribution in [2.75, 3.05) is 26.2 Å². The predicted molar refractivity (Wildman–Crippen MR) is 63.5 cm³/mol. The molecule has 20 heavy (non-hydrogen) atoms. The van der Waals surface area contributed by atoms with Crippen molar-refractivity contribution in [3.8, 4) is 0 Å². The largest absolute Gasteiger partial charge is 0.463 e. The van der Waals surface area contributed by atoms with Gasteiger partial charge in [-0.25, -0.2) is 0 Å². The highest BCUT2D eigenvalue weighted by molar-refractivity contribution is 5.84. The van der Waals surface area contributed by atoms with E-state index in [0.717, 1.165) is 13.1 Å². The molecule has 118 valence electrons. The molecular weight excluding hydrogens is 283 g/mol. The summed E-state index contributed by atoms with van der Waals surface area (Å²) in [7, 11) is 0. The average Bonchev–Trinajstić information content (AvgIpc) is 2.39. The van der Waals surface area contributed by atoms with E-state index in [2.05, 4.69) is 4.90 Å². The molecule has 1 saturated heterocycles. The van der Waals surface area contributed by atoms with Crippen LogP contribution in [0, 0.1) is 0 Å². The second kappa shape index (κ2) is 6.24. The van der Waals surface area contributed by atoms with E-state index >= 15 is 0 Å². The van der Waals surface area contributed by atoms with Crippen LogP contribution in [0.15, 0.2) is 0 Å². The van der Waals surface area contributed by atoms with Crippen molar-refractivity contribution < 1.29 is 26.7 Å². The topological polar surface area (TPSA) is 23.6 Å². The maximum Gasteiger partial charge on any atom is 0.463 e. The van der Waals surface area contributed by atoms with Crippen LogP contribution in [0.25, 0.3) is 0 Å². The van der Waals surface area contributed by atoms with Crippen molar-refractivity contribution >= 4 is 5.91 Å². The molecule has 0 atom stereocenters. The molecule has 0 N–H and O–H groups in total. The lowest BCUT2D eigenvalue weighted by Crippen LogP contribution is -2.55. The summed E-state index contributed by atoms with van der Waals surface area (Å²) in [6.07, 6.45) is -5.00. The lowest BCUT2D eigenvalue weighted by atomic mass is 10.0. The zero-order chi connectivity index (χ0) is 15.6. The fourth-order valence-corrected chi connectivity index (χ4v) is 2.49. The van der Waals surface area contributed by atoms with Gasteiger partial charge in [0.15, 0.2) is 0 Å². The molecule has 3 nitrogen and oxygen atoms in total. The molecule has 0 aromatic carbocycles. The summed E-state index contributed by atoms with van der Waals surface area (Å²) < 4.78 is 62.4. The van der Waals surface area contributed by atoms with Gasteiger partial charge in [-0.1, -0.05) is 13.8 Å². The molecule has 0 bridgehead atoms. The first-order valence-corrected chi connectivity index (χ1v) is 6.63. The van der Waals surface area contributed by atoms with E-state index in [-0.39, 0.29) is 19.1 Å². The van der Waals surface area contributed by atoms with Crippen molar-refractivity contribution in [3.05, 3.63) is 0 Å². The third-order valence-corrected chi connectivity index (χ3v) is 3.71. The number of rotatable bonds is 4. The van der Waals surface area contributed by atoms with Gasteiger partial charge in [-0.3, -0.25) is 4.79 Å². The van der Waals surface area contributed by atoms with E-state index in [1.807, 2.05) is 13.8 Å². The Balaban J connectivity index is 2.64. The van der Waals surface area contributed by atoms with Gasteiger partial charge in [-0.2, -0.15) is 22.0 Å². The van der Waals surface area contributed by atoms with E-state index in [9.17, 15) is 26.7 Å². The number of piperidine rings is 1. The minimum absolute atomic E-state index is 0.0638. The molecule has 0 aromatic heterocycles. The molecule has 1 aliphatic rings. The second-order valence-corrected chi connectivity index (χ2v) is 4.82. The fraction of sp³-hybridized carbons (Fsp3) is 0.917. The number of hydrogen-bond donors (Lipinski definition) is 0. The minimum atomic E-state index is -5.83. The Morgan fingerprint density at radius 3 is 1.90 bits per heavy atom. The number of amides is 1. The zero-order valence-electron chi connectivity index (χ0n) is 11.5. The van der Waals surface area contributed by atoms with Gasteiger partial charge in [0.2, 0.25) is 0 Å². The Morgan fingerprint density at radius 2 is 1.55 bits per heavy atom. The Kier molecular flexibility index (Phi) is 5.34. The highest BCUT2D eigenvalue weighted by Gasteiger charge is 2.64. The second-order valence-electron chi connectivity index (χ2n) is 4.82. The number of alkyl halides is 5. The van der Waals surface area contributed by atoms with Crippen LogP contribution in [0.5, 0.6) is 0 Å². The monoisotopic (exact) mass is 302 g/mol. The van der Waals surface area contributed by atoms with Crippen LogP contribution in [0.2, 0.25) is 0 Å². The Hall–Kier alpha value is -0.920. The quantitative estimate of drug-likeness (QED) is 0.745. The van der Waals surface area contributed by atoms with Crippen LogP contribution in [-0.4, -0.2) is 60.0 Å². The molecule has 1 heterocycles. The average molecular weight is 302 g/mol. The molecule has 0 radical (unpaired) electrons. The molecule has 1 rings (SSSR count). The lowest BCUT2D eigenvalue weighted by molar-refractivity contribution is -0.274. The molecule has 0 saturated carbocycles. The Morgan fingerprint density at radius 1 is 1.10 bits per heavy atom. The number of likely N-dealkylation sites (tertiary alicyclic amines) is 1. The van der Waals surface area contributed by atoms with Gasteiger partial charge >= 0.3 is 18.0 Å². The van der Waals surface area contributed by atoms with Crippen LogP contribution < -0.4 is 0 Å². The lowest BCUT2D eigenvalue weighted by Gasteiger charge is -2.38. The zero-order valence-corrected chi connectivity index (χ0v) is 11.5. The molecule has 0 spiro atoms. The van der Waals surface area contributed by atoms with Gasteiger partial charge < -0.3 is 9.80 Å². The summed E-state index contributed by atoms with van der Waals surface area (Å²) in [5.74, 6) is -7.43. The normalized spacial score (nSPS) is 18.7. The van der Waals surface area contributed by atoms with Crippen LogP contribution in [0.4, 0.5) is 22.0 Å². The summed E-state index contributed by atoms with van der Waals surface area (Å²) in [4.78, 5) is 14.1. The van der Waals surface area contributed by atoms with Gasteiger partial charge in [0.25, 0.3) is 0 Å². The molecule has 0 aromatic rings. The van der Waals surface area contributed by atoms with Gasteiger partial charge in [0.05, 0.1) is 0 Å². The molecule has 8 heteroatoms. The SMILES string of the molecule is CCN(CC)C1CCN(C(=O)C(F)(F)C(F)(F)F)CC1. The maximum atomic E-state index is 13.0. The summed E-state index contributed by atoms with van der Waals surface area (Å²) in [5.41, 5.74) is 0. The smallest absolute Gasteiger partial charge is 0.337 e. The van der Waals surface area contributed by atoms with E-state index in [1.54, 1.807) is 0 Å². The van der Waals surface area contributed by atoms with Crippen LogP contribution in [-0.2, 0) is 4.79 Å². The standard InChI is InChI=1S/C12H19F5N2O/c1-3-18(4-2)9-5-7-19(8-6-9)10(20)11(13,14)12(15,16)17/h9H,3-8H2,1-2H3. The van der Waals surface area contributed by atoms with E-state index < -0.39 is 18.0 Å². The van der Waals surface area contributed by atoms with Crippen molar-refractivity contribution in [2.24, 2.45) is 0 Å². The van der Waals surface area contributed by atoms with Crippen molar-refractivity contribution in [1.29, 1.82) is 0 Å². The Labute approximate surface area is 114 Å². The summed E-state index contributed by atoms with van der Waals surface area (Å²) in [6, 6.07) is 0.133. The molecule has 1 aliphatic heterocycles. The van der Waals surface area contributed by atoms with Crippen molar-refractivity contribution in [2.45, 2.75) is 44.8 Å². The number of halogens is 5. The van der Waals surface area contributed by atoms with E-state index in [4.69, 9.17) is 0 Å². The van der Waals surface area contributed by atoms with Gasteiger partial charge in [0.1, 0.15) is 0 Å². The molecule has 0 unspecified atom stereocenters. The third kappa shape index (κ3) is 3.39. The van der Waals surface area contributed by atoms with Gasteiger partial charge in [-0.05, 0) is 25.9 Å². The van der Waals surface area contributed by atoms with Gasteiger partial charge in [0, 0.05) is 19.1 Å². The first-order valence-electron chi connectivity index (χ1n) is 6.63. The van der Waals surface area contributed by atoms with E-state index in [0.29, 0.717) is 17.7 Å². The Bertz CT molecular complexity index is 333. The maximum absolute atomic E-state index is 13.0. The third-order valence-electron chi connectivity index (χ3n) is 3.71. The van der Waals surface area contributed by atoms with Crippen LogP contribution in [0.3, 0.4) is 0 Å². The molecular formula is C12H19F5N2O. The predicted octanol–water partition coefficient (Wildman–Crippen LogP) is 2.52. The van der Waals surface area contributed by atoms with Crippen molar-refractivity contribution in [3.63, 3.8) is 0 Å². The van der Waals surface area contributed by atoms with E-state index in [1.165, 1.54) is 0 Å². The summed E-state index contributed by atoms with van der Waals surface area (Å²) in [6.45, 7) is 5.36. The summed E-state index contributed by atoms with van der Waals surface area (Å²) >= 11 is 0. The molecule has 1 fully saturated rings. The number of carbonyl (C=O) groups is 1. The number of carbonyl (C=O) groups excluding carboxylic acids is 1. The molecule has 1 amide bonds. The minimum Gasteiger partial charge on any atom is -0.337 e. The van der Waals surface area contributed by atoms with Gasteiger partial charge in [-0.15, -0.1) is 0 Å². The number of nitrogens with zero attached hydrogens (tertiary/aromatic N) is 2. The fourth-order valence-electron chi connectivity index (χ4n) is 2.49. The van der Waals surface area contributed by atoms with Crippen LogP contribution in [0.1, 0.15) is 26.7 Å². The van der Waals surface area contributed by atoms with Crippen molar-refractivity contribution in [1.82, 2.24) is 9.80 Å². The first-order chi connectivity index (χ1) is 9.15.